The van der Waals surface area contributed by atoms with Crippen LogP contribution in [0.5, 0.6) is 0 Å². The van der Waals surface area contributed by atoms with Crippen molar-refractivity contribution in [1.29, 1.82) is 0 Å². The minimum atomic E-state index is -0.933. The Morgan fingerprint density at radius 1 is 1.40 bits per heavy atom. The van der Waals surface area contributed by atoms with Crippen LogP contribution in [-0.2, 0) is 11.3 Å². The number of aliphatic carboxylic acids is 1. The molecule has 0 aliphatic carbocycles. The predicted molar refractivity (Wildman–Crippen MR) is 75.5 cm³/mol. The van der Waals surface area contributed by atoms with E-state index in [0.29, 0.717) is 11.0 Å². The fourth-order valence-electron chi connectivity index (χ4n) is 2.00. The van der Waals surface area contributed by atoms with Crippen molar-refractivity contribution in [3.63, 3.8) is 0 Å². The van der Waals surface area contributed by atoms with Gasteiger partial charge in [-0.2, -0.15) is 0 Å². The van der Waals surface area contributed by atoms with Gasteiger partial charge in [0.25, 0.3) is 5.56 Å². The van der Waals surface area contributed by atoms with Crippen LogP contribution in [0.1, 0.15) is 19.5 Å². The number of hydrogen-bond donors (Lipinski definition) is 3. The van der Waals surface area contributed by atoms with Crippen LogP contribution >= 0.6 is 0 Å². The van der Waals surface area contributed by atoms with Crippen LogP contribution in [0.2, 0.25) is 0 Å². The molecule has 0 amide bonds. The summed E-state index contributed by atoms with van der Waals surface area (Å²) in [7, 11) is 0. The van der Waals surface area contributed by atoms with Crippen molar-refractivity contribution in [2.75, 3.05) is 0 Å². The van der Waals surface area contributed by atoms with E-state index in [0.717, 1.165) is 0 Å². The summed E-state index contributed by atoms with van der Waals surface area (Å²) in [5.41, 5.74) is 1.33. The van der Waals surface area contributed by atoms with Crippen LogP contribution < -0.4 is 10.9 Å². The first-order valence-corrected chi connectivity index (χ1v) is 6.43. The van der Waals surface area contributed by atoms with Crippen molar-refractivity contribution in [2.24, 2.45) is 5.92 Å². The van der Waals surface area contributed by atoms with Crippen LogP contribution in [0.15, 0.2) is 29.1 Å². The topological polar surface area (TPSA) is 95.1 Å². The van der Waals surface area contributed by atoms with Gasteiger partial charge in [0.05, 0.1) is 11.0 Å². The molecule has 0 saturated carbocycles. The maximum Gasteiger partial charge on any atom is 0.320 e. The van der Waals surface area contributed by atoms with Crippen molar-refractivity contribution in [2.45, 2.75) is 26.4 Å². The van der Waals surface area contributed by atoms with E-state index in [2.05, 4.69) is 15.3 Å². The van der Waals surface area contributed by atoms with Gasteiger partial charge in [0, 0.05) is 6.54 Å². The molecule has 2 aromatic rings. The fourth-order valence-corrected chi connectivity index (χ4v) is 2.00. The third-order valence-corrected chi connectivity index (χ3v) is 3.09. The van der Waals surface area contributed by atoms with Gasteiger partial charge in [0.15, 0.2) is 0 Å². The number of benzene rings is 1. The van der Waals surface area contributed by atoms with Gasteiger partial charge >= 0.3 is 5.97 Å². The van der Waals surface area contributed by atoms with E-state index in [1.54, 1.807) is 12.1 Å². The molecule has 1 heterocycles. The molecule has 0 radical (unpaired) electrons. The first kappa shape index (κ1) is 14.2. The summed E-state index contributed by atoms with van der Waals surface area (Å²) in [4.78, 5) is 30.0. The Bertz CT molecular complexity index is 679. The Kier molecular flexibility index (Phi) is 4.14. The van der Waals surface area contributed by atoms with E-state index in [9.17, 15) is 9.59 Å². The molecule has 1 aromatic carbocycles. The summed E-state index contributed by atoms with van der Waals surface area (Å²) in [6.07, 6.45) is 0. The van der Waals surface area contributed by atoms with Gasteiger partial charge in [0.1, 0.15) is 11.7 Å². The van der Waals surface area contributed by atoms with Gasteiger partial charge in [-0.25, -0.2) is 4.98 Å². The molecule has 20 heavy (non-hydrogen) atoms. The van der Waals surface area contributed by atoms with Gasteiger partial charge < -0.3 is 10.1 Å². The molecule has 0 spiro atoms. The van der Waals surface area contributed by atoms with E-state index >= 15 is 0 Å². The Morgan fingerprint density at radius 3 is 2.75 bits per heavy atom. The zero-order valence-corrected chi connectivity index (χ0v) is 11.4. The quantitative estimate of drug-likeness (QED) is 0.760. The van der Waals surface area contributed by atoms with Crippen molar-refractivity contribution < 1.29 is 9.90 Å². The monoisotopic (exact) mass is 275 g/mol. The zero-order valence-electron chi connectivity index (χ0n) is 11.4. The zero-order chi connectivity index (χ0) is 14.7. The van der Waals surface area contributed by atoms with Crippen molar-refractivity contribution in [3.8, 4) is 0 Å². The SMILES string of the molecule is CC(C)C(NCc1nc2ccccc2[nH]c1=O)C(=O)O. The van der Waals surface area contributed by atoms with Gasteiger partial charge in [0.2, 0.25) is 0 Å². The number of aromatic nitrogens is 2. The molecule has 106 valence electrons. The number of nitrogens with one attached hydrogen (secondary N) is 2. The van der Waals surface area contributed by atoms with E-state index < -0.39 is 12.0 Å². The minimum absolute atomic E-state index is 0.0768. The third kappa shape index (κ3) is 3.03. The highest BCUT2D eigenvalue weighted by Gasteiger charge is 2.21. The highest BCUT2D eigenvalue weighted by Crippen LogP contribution is 2.07. The van der Waals surface area contributed by atoms with Crippen molar-refractivity contribution in [1.82, 2.24) is 15.3 Å². The molecule has 0 saturated heterocycles. The van der Waals surface area contributed by atoms with Gasteiger partial charge in [-0.15, -0.1) is 0 Å². The van der Waals surface area contributed by atoms with E-state index in [4.69, 9.17) is 5.11 Å². The molecule has 1 aromatic heterocycles. The second-order valence-electron chi connectivity index (χ2n) is 4.97. The van der Waals surface area contributed by atoms with Crippen molar-refractivity contribution in [3.05, 3.63) is 40.3 Å². The van der Waals surface area contributed by atoms with Crippen molar-refractivity contribution >= 4 is 17.0 Å². The maximum absolute atomic E-state index is 11.9. The normalized spacial score (nSPS) is 12.8. The molecule has 6 nitrogen and oxygen atoms in total. The number of para-hydroxylation sites is 2. The number of fused-ring (bicyclic) bond motifs is 1. The smallest absolute Gasteiger partial charge is 0.320 e. The summed E-state index contributed by atoms with van der Waals surface area (Å²) in [6, 6.07) is 6.51. The summed E-state index contributed by atoms with van der Waals surface area (Å²) >= 11 is 0. The maximum atomic E-state index is 11.9. The molecule has 1 atom stereocenters. The van der Waals surface area contributed by atoms with Gasteiger partial charge in [-0.1, -0.05) is 26.0 Å². The second-order valence-corrected chi connectivity index (χ2v) is 4.97. The fraction of sp³-hybridized carbons (Fsp3) is 0.357. The molecule has 3 N–H and O–H groups in total. The molecule has 6 heteroatoms. The number of carbonyl (C=O) groups is 1. The number of H-pyrrole nitrogens is 1. The number of carboxylic acid groups (broad SMARTS) is 1. The molecule has 0 fully saturated rings. The van der Waals surface area contributed by atoms with Gasteiger partial charge in [-0.3, -0.25) is 14.9 Å². The van der Waals surface area contributed by atoms with E-state index in [1.165, 1.54) is 0 Å². The molecular formula is C14H17N3O3. The average molecular weight is 275 g/mol. The largest absolute Gasteiger partial charge is 0.480 e. The Labute approximate surface area is 115 Å². The number of hydrogen-bond acceptors (Lipinski definition) is 4. The standard InChI is InChI=1S/C14H17N3O3/c1-8(2)12(14(19)20)15-7-11-13(18)17-10-6-4-3-5-9(10)16-11/h3-6,8,12,15H,7H2,1-2H3,(H,17,18)(H,19,20). The lowest BCUT2D eigenvalue weighted by atomic mass is 10.0. The Hall–Kier alpha value is -2.21. The van der Waals surface area contributed by atoms with E-state index in [1.807, 2.05) is 26.0 Å². The first-order chi connectivity index (χ1) is 9.49. The summed E-state index contributed by atoms with van der Waals surface area (Å²) in [6.45, 7) is 3.74. The summed E-state index contributed by atoms with van der Waals surface area (Å²) in [5.74, 6) is -1.01. The molecular weight excluding hydrogens is 258 g/mol. The van der Waals surface area contributed by atoms with Crippen LogP contribution in [-0.4, -0.2) is 27.1 Å². The Balaban J connectivity index is 2.23. The lowest BCUT2D eigenvalue weighted by Gasteiger charge is -2.17. The van der Waals surface area contributed by atoms with E-state index in [-0.39, 0.29) is 23.7 Å². The molecule has 0 aliphatic rings. The average Bonchev–Trinajstić information content (AvgIpc) is 2.38. The number of rotatable bonds is 5. The third-order valence-electron chi connectivity index (χ3n) is 3.09. The first-order valence-electron chi connectivity index (χ1n) is 6.43. The van der Waals surface area contributed by atoms with Crippen LogP contribution in [0, 0.1) is 5.92 Å². The molecule has 0 aliphatic heterocycles. The molecule has 1 unspecified atom stereocenters. The highest BCUT2D eigenvalue weighted by atomic mass is 16.4. The highest BCUT2D eigenvalue weighted by molar-refractivity contribution is 5.74. The molecule has 2 rings (SSSR count). The Morgan fingerprint density at radius 2 is 2.10 bits per heavy atom. The van der Waals surface area contributed by atoms with Crippen LogP contribution in [0.4, 0.5) is 0 Å². The number of aromatic amines is 1. The molecule has 0 bridgehead atoms. The van der Waals surface area contributed by atoms with Crippen LogP contribution in [0.3, 0.4) is 0 Å². The second kappa shape index (κ2) is 5.83. The van der Waals surface area contributed by atoms with Crippen LogP contribution in [0.25, 0.3) is 11.0 Å². The number of carboxylic acids is 1. The lowest BCUT2D eigenvalue weighted by Crippen LogP contribution is -2.41. The lowest BCUT2D eigenvalue weighted by molar-refractivity contribution is -0.140. The van der Waals surface area contributed by atoms with Gasteiger partial charge in [-0.05, 0) is 18.1 Å². The number of nitrogens with zero attached hydrogens (tertiary/aromatic N) is 1. The predicted octanol–water partition coefficient (Wildman–Crippen LogP) is 1.12. The minimum Gasteiger partial charge on any atom is -0.480 e. The summed E-state index contributed by atoms with van der Waals surface area (Å²) < 4.78 is 0. The summed E-state index contributed by atoms with van der Waals surface area (Å²) in [5, 5.41) is 12.0.